The second-order valence-electron chi connectivity index (χ2n) is 13.2. The normalized spacial score (nSPS) is 14.2. The van der Waals surface area contributed by atoms with Gasteiger partial charge in [-0.1, -0.05) is 6.07 Å². The van der Waals surface area contributed by atoms with E-state index in [4.69, 9.17) is 24.7 Å². The predicted molar refractivity (Wildman–Crippen MR) is 170 cm³/mol. The number of rotatable bonds is 13. The van der Waals surface area contributed by atoms with Gasteiger partial charge in [0.05, 0.1) is 11.1 Å². The fourth-order valence-corrected chi connectivity index (χ4v) is 38.9. The largest absolute Gasteiger partial charge is 0.437 e. The highest BCUT2D eigenvalue weighted by molar-refractivity contribution is 6.94. The van der Waals surface area contributed by atoms with E-state index < -0.39 is 59.4 Å². The molecular weight excluding hydrogens is 597 g/mol. The Hall–Kier alpha value is -0.522. The fraction of sp³-hybridized carbons (Fsp3) is 0.652. The summed E-state index contributed by atoms with van der Waals surface area (Å²) in [6.45, 7) is 31.2. The highest BCUT2D eigenvalue weighted by atomic mass is 28.5. The monoisotopic (exact) mass is 644 g/mol. The first-order valence-corrected chi connectivity index (χ1v) is 33.3. The molecule has 0 heterocycles. The molecule has 0 spiro atoms. The van der Waals surface area contributed by atoms with Gasteiger partial charge in [0.25, 0.3) is 0 Å². The number of benzene rings is 1. The van der Waals surface area contributed by atoms with Crippen molar-refractivity contribution < 1.29 is 24.7 Å². The van der Waals surface area contributed by atoms with Crippen LogP contribution in [0.5, 0.6) is 0 Å². The van der Waals surface area contributed by atoms with E-state index >= 15 is 0 Å². The summed E-state index contributed by atoms with van der Waals surface area (Å²) in [4.78, 5) is 0. The lowest BCUT2D eigenvalue weighted by atomic mass is 10.1. The maximum Gasteiger partial charge on any atom is 0.314 e. The Bertz CT molecular complexity index is 1070. The summed E-state index contributed by atoms with van der Waals surface area (Å²) in [6.07, 6.45) is 0. The summed E-state index contributed by atoms with van der Waals surface area (Å²) in [5, 5.41) is 19.7. The Kier molecular flexibility index (Phi) is 11.4. The van der Waals surface area contributed by atoms with Crippen molar-refractivity contribution in [2.24, 2.45) is 0 Å². The lowest BCUT2D eigenvalue weighted by Gasteiger charge is -2.43. The van der Waals surface area contributed by atoms with Gasteiger partial charge in [0.1, 0.15) is 12.1 Å². The minimum atomic E-state index is -2.65. The van der Waals surface area contributed by atoms with Crippen LogP contribution in [0.1, 0.15) is 11.1 Å². The van der Waals surface area contributed by atoms with Gasteiger partial charge in [0, 0.05) is 0 Å². The molecule has 0 amide bonds. The van der Waals surface area contributed by atoms with Gasteiger partial charge in [-0.05, 0) is 116 Å². The van der Waals surface area contributed by atoms with E-state index in [-0.39, 0.29) is 0 Å². The topological polar surface area (TPSA) is 103 Å². The van der Waals surface area contributed by atoms with Gasteiger partial charge in [-0.2, -0.15) is 10.5 Å². The molecule has 0 radical (unpaired) electrons. The molecule has 0 atom stereocenters. The third kappa shape index (κ3) is 12.3. The smallest absolute Gasteiger partial charge is 0.314 e. The molecule has 8 nitrogen and oxygen atoms in total. The van der Waals surface area contributed by atoms with Gasteiger partial charge < -0.3 is 24.7 Å². The molecule has 0 saturated carbocycles. The minimum absolute atomic E-state index is 0.369. The standard InChI is InChI=1S/C23H48N2O6Si7/c1-32(2,3)26-34(6,7)28-36(10,11)30-38(14,15)31-37(12,13)29-35(8,9)27-33(4,5)23-17-16-21(19-24)22(18-23)20-25/h16-18H,1-15H3. The van der Waals surface area contributed by atoms with Gasteiger partial charge in [-0.25, -0.2) is 0 Å². The molecule has 0 aromatic heterocycles. The summed E-state index contributed by atoms with van der Waals surface area (Å²) in [5.74, 6) is 0. The summed E-state index contributed by atoms with van der Waals surface area (Å²) >= 11 is 0. The van der Waals surface area contributed by atoms with Crippen LogP contribution in [0, 0.1) is 22.7 Å². The summed E-state index contributed by atoms with van der Waals surface area (Å²) in [7, 11) is -17.0. The first-order chi connectivity index (χ1) is 16.7. The van der Waals surface area contributed by atoms with Gasteiger partial charge >= 0.3 is 42.8 Å². The van der Waals surface area contributed by atoms with Crippen molar-refractivity contribution in [2.75, 3.05) is 0 Å². The molecule has 38 heavy (non-hydrogen) atoms. The number of nitrogens with zero attached hydrogens (tertiary/aromatic N) is 2. The van der Waals surface area contributed by atoms with Gasteiger partial charge in [-0.3, -0.25) is 0 Å². The molecule has 0 aliphatic heterocycles. The maximum absolute atomic E-state index is 9.46. The van der Waals surface area contributed by atoms with E-state index in [0.29, 0.717) is 11.1 Å². The molecular formula is C23H48N2O6Si7. The Labute approximate surface area is 238 Å². The average Bonchev–Trinajstić information content (AvgIpc) is 2.59. The molecule has 1 aromatic rings. The summed E-state index contributed by atoms with van der Waals surface area (Å²) in [6, 6.07) is 9.56. The van der Waals surface area contributed by atoms with Gasteiger partial charge in [0.15, 0.2) is 8.32 Å². The zero-order chi connectivity index (χ0) is 30.0. The molecule has 0 aliphatic carbocycles. The van der Waals surface area contributed by atoms with Crippen LogP contribution in [0.4, 0.5) is 0 Å². The summed E-state index contributed by atoms with van der Waals surface area (Å²) in [5.41, 5.74) is 0.740. The Morgan fingerprint density at radius 1 is 0.474 bits per heavy atom. The van der Waals surface area contributed by atoms with Crippen molar-refractivity contribution in [2.45, 2.75) is 98.2 Å². The molecule has 214 valence electrons. The lowest BCUT2D eigenvalue weighted by molar-refractivity contribution is 0.272. The van der Waals surface area contributed by atoms with Crippen LogP contribution in [-0.2, 0) is 24.7 Å². The van der Waals surface area contributed by atoms with Crippen molar-refractivity contribution in [3.05, 3.63) is 29.3 Å². The van der Waals surface area contributed by atoms with Crippen molar-refractivity contribution in [1.82, 2.24) is 0 Å². The van der Waals surface area contributed by atoms with Crippen LogP contribution in [-0.4, -0.2) is 59.4 Å². The third-order valence-corrected chi connectivity index (χ3v) is 30.8. The summed E-state index contributed by atoms with van der Waals surface area (Å²) < 4.78 is 39.6. The molecule has 0 N–H and O–H groups in total. The number of hydrogen-bond donors (Lipinski definition) is 0. The second-order valence-corrected chi connectivity index (χ2v) is 39.9. The maximum atomic E-state index is 9.46. The van der Waals surface area contributed by atoms with Gasteiger partial charge in [0.2, 0.25) is 8.32 Å². The van der Waals surface area contributed by atoms with Crippen molar-refractivity contribution in [3.8, 4) is 12.1 Å². The number of nitriles is 2. The molecule has 0 unspecified atom stereocenters. The molecule has 0 bridgehead atoms. The highest BCUT2D eigenvalue weighted by Crippen LogP contribution is 2.28. The molecule has 0 saturated heterocycles. The van der Waals surface area contributed by atoms with Crippen molar-refractivity contribution in [1.29, 1.82) is 10.5 Å². The van der Waals surface area contributed by atoms with E-state index in [1.807, 2.05) is 45.3 Å². The van der Waals surface area contributed by atoms with Crippen LogP contribution >= 0.6 is 0 Å². The molecule has 1 rings (SSSR count). The van der Waals surface area contributed by atoms with Crippen LogP contribution in [0.15, 0.2) is 18.2 Å². The fourth-order valence-electron chi connectivity index (χ4n) is 4.99. The highest BCUT2D eigenvalue weighted by Gasteiger charge is 2.48. The molecule has 15 heteroatoms. The average molecular weight is 645 g/mol. The van der Waals surface area contributed by atoms with Crippen LogP contribution < -0.4 is 5.19 Å². The number of hydrogen-bond acceptors (Lipinski definition) is 8. The Morgan fingerprint density at radius 3 is 1.16 bits per heavy atom. The van der Waals surface area contributed by atoms with Crippen LogP contribution in [0.25, 0.3) is 0 Å². The third-order valence-electron chi connectivity index (χ3n) is 4.97. The first kappa shape index (κ1) is 35.5. The minimum Gasteiger partial charge on any atom is -0.437 e. The molecule has 1 aromatic carbocycles. The predicted octanol–water partition coefficient (Wildman–Crippen LogP) is 6.29. The van der Waals surface area contributed by atoms with Crippen molar-refractivity contribution in [3.63, 3.8) is 0 Å². The Morgan fingerprint density at radius 2 is 0.816 bits per heavy atom. The SMILES string of the molecule is C[Si](C)(C)O[Si](C)(C)O[Si](C)(C)O[Si](C)(C)O[Si](C)(C)O[Si](C)(C)O[Si](C)(C)c1ccc(C#N)c(C#N)c1. The molecule has 0 aliphatic rings. The van der Waals surface area contributed by atoms with E-state index in [2.05, 4.69) is 71.1 Å². The van der Waals surface area contributed by atoms with Gasteiger partial charge in [-0.15, -0.1) is 0 Å². The van der Waals surface area contributed by atoms with E-state index in [9.17, 15) is 10.5 Å². The zero-order valence-corrected chi connectivity index (χ0v) is 33.1. The van der Waals surface area contributed by atoms with E-state index in [0.717, 1.165) is 5.19 Å². The first-order valence-electron chi connectivity index (χ1n) is 12.9. The second kappa shape index (κ2) is 12.1. The van der Waals surface area contributed by atoms with Crippen LogP contribution in [0.3, 0.4) is 0 Å². The van der Waals surface area contributed by atoms with E-state index in [1.165, 1.54) is 0 Å². The van der Waals surface area contributed by atoms with E-state index in [1.54, 1.807) is 12.1 Å². The lowest BCUT2D eigenvalue weighted by Crippen LogP contribution is -2.61. The Balaban J connectivity index is 2.98. The molecule has 0 fully saturated rings. The van der Waals surface area contributed by atoms with Crippen molar-refractivity contribution >= 4 is 64.6 Å². The quantitative estimate of drug-likeness (QED) is 0.231. The van der Waals surface area contributed by atoms with Crippen LogP contribution in [0.2, 0.25) is 98.2 Å². The zero-order valence-electron chi connectivity index (χ0n) is 26.1.